The van der Waals surface area contributed by atoms with Gasteiger partial charge in [0.2, 0.25) is 0 Å². The number of nitrogens with one attached hydrogen (secondary N) is 1. The van der Waals surface area contributed by atoms with Gasteiger partial charge in [-0.25, -0.2) is 0 Å². The molecule has 0 fully saturated rings. The van der Waals surface area contributed by atoms with Crippen molar-refractivity contribution in [3.63, 3.8) is 0 Å². The van der Waals surface area contributed by atoms with Gasteiger partial charge >= 0.3 is 6.18 Å². The summed E-state index contributed by atoms with van der Waals surface area (Å²) in [5, 5.41) is 2.77. The maximum absolute atomic E-state index is 12.4. The van der Waals surface area contributed by atoms with Gasteiger partial charge in [0, 0.05) is 11.6 Å². The van der Waals surface area contributed by atoms with Crippen LogP contribution in [-0.2, 0) is 6.18 Å². The lowest BCUT2D eigenvalue weighted by Gasteiger charge is -2.16. The average Bonchev–Trinajstić information content (AvgIpc) is 2.26. The molecular weight excluding hydrogens is 255 g/mol. The van der Waals surface area contributed by atoms with Crippen LogP contribution in [0.3, 0.4) is 0 Å². The Morgan fingerprint density at radius 1 is 1.16 bits per heavy atom. The molecule has 1 N–H and O–H groups in total. The number of halogens is 3. The molecule has 0 spiro atoms. The van der Waals surface area contributed by atoms with E-state index in [1.165, 1.54) is 12.1 Å². The Hall–Kier alpha value is -1.52. The van der Waals surface area contributed by atoms with Gasteiger partial charge in [0.1, 0.15) is 0 Å². The Kier molecular flexibility index (Phi) is 4.97. The fourth-order valence-corrected chi connectivity index (χ4v) is 1.88. The quantitative estimate of drug-likeness (QED) is 0.886. The SMILES string of the molecule is CC(C)C[C@H](C)NC(=O)c1ccc(C(F)(F)F)cc1. The van der Waals surface area contributed by atoms with Crippen LogP contribution in [0.5, 0.6) is 0 Å². The zero-order valence-corrected chi connectivity index (χ0v) is 11.2. The van der Waals surface area contributed by atoms with Gasteiger partial charge < -0.3 is 5.32 Å². The molecule has 1 rings (SSSR count). The summed E-state index contributed by atoms with van der Waals surface area (Å²) in [4.78, 5) is 11.8. The number of alkyl halides is 3. The summed E-state index contributed by atoms with van der Waals surface area (Å²) in [5.74, 6) is 0.102. The van der Waals surface area contributed by atoms with Crippen LogP contribution in [0.1, 0.15) is 43.1 Å². The number of benzene rings is 1. The summed E-state index contributed by atoms with van der Waals surface area (Å²) in [5.41, 5.74) is -0.511. The molecule has 1 aromatic carbocycles. The van der Waals surface area contributed by atoms with Gasteiger partial charge in [-0.15, -0.1) is 0 Å². The summed E-state index contributed by atoms with van der Waals surface area (Å²) in [6.07, 6.45) is -3.55. The standard InChI is InChI=1S/C14H18F3NO/c1-9(2)8-10(3)18-13(19)11-4-6-12(7-5-11)14(15,16)17/h4-7,9-10H,8H2,1-3H3,(H,18,19)/t10-/m0/s1. The van der Waals surface area contributed by atoms with E-state index >= 15 is 0 Å². The first-order chi connectivity index (χ1) is 8.70. The Labute approximate surface area is 111 Å². The van der Waals surface area contributed by atoms with Crippen molar-refractivity contribution in [2.75, 3.05) is 0 Å². The number of hydrogen-bond donors (Lipinski definition) is 1. The van der Waals surface area contributed by atoms with E-state index in [9.17, 15) is 18.0 Å². The molecule has 1 aromatic rings. The molecule has 0 heterocycles. The highest BCUT2D eigenvalue weighted by molar-refractivity contribution is 5.94. The van der Waals surface area contributed by atoms with Crippen LogP contribution in [0, 0.1) is 5.92 Å². The molecule has 0 saturated heterocycles. The van der Waals surface area contributed by atoms with Crippen molar-refractivity contribution in [3.8, 4) is 0 Å². The van der Waals surface area contributed by atoms with Crippen LogP contribution in [-0.4, -0.2) is 11.9 Å². The van der Waals surface area contributed by atoms with Crippen molar-refractivity contribution in [3.05, 3.63) is 35.4 Å². The molecule has 2 nitrogen and oxygen atoms in total. The Bertz CT molecular complexity index is 423. The monoisotopic (exact) mass is 273 g/mol. The van der Waals surface area contributed by atoms with Crippen molar-refractivity contribution >= 4 is 5.91 Å². The van der Waals surface area contributed by atoms with Crippen LogP contribution in [0.4, 0.5) is 13.2 Å². The van der Waals surface area contributed by atoms with E-state index in [1.807, 2.05) is 20.8 Å². The molecule has 0 aliphatic rings. The summed E-state index contributed by atoms with van der Waals surface area (Å²) in [6, 6.07) is 4.22. The van der Waals surface area contributed by atoms with Crippen molar-refractivity contribution in [2.24, 2.45) is 5.92 Å². The highest BCUT2D eigenvalue weighted by atomic mass is 19.4. The Balaban J connectivity index is 2.68. The van der Waals surface area contributed by atoms with E-state index < -0.39 is 11.7 Å². The first kappa shape index (κ1) is 15.5. The smallest absolute Gasteiger partial charge is 0.350 e. The van der Waals surface area contributed by atoms with Crippen molar-refractivity contribution < 1.29 is 18.0 Å². The third-order valence-electron chi connectivity index (χ3n) is 2.68. The zero-order valence-electron chi connectivity index (χ0n) is 11.2. The lowest BCUT2D eigenvalue weighted by Crippen LogP contribution is -2.33. The molecule has 0 aliphatic heterocycles. The fraction of sp³-hybridized carbons (Fsp3) is 0.500. The highest BCUT2D eigenvalue weighted by Gasteiger charge is 2.30. The number of carbonyl (C=O) groups excluding carboxylic acids is 1. The molecule has 0 aliphatic carbocycles. The molecule has 0 radical (unpaired) electrons. The van der Waals surface area contributed by atoms with Crippen LogP contribution in [0.2, 0.25) is 0 Å². The van der Waals surface area contributed by atoms with Gasteiger partial charge in [-0.1, -0.05) is 13.8 Å². The first-order valence-electron chi connectivity index (χ1n) is 6.18. The number of carbonyl (C=O) groups is 1. The van der Waals surface area contributed by atoms with Gasteiger partial charge in [0.15, 0.2) is 0 Å². The first-order valence-corrected chi connectivity index (χ1v) is 6.18. The molecule has 0 bridgehead atoms. The largest absolute Gasteiger partial charge is 0.416 e. The van der Waals surface area contributed by atoms with Crippen LogP contribution < -0.4 is 5.32 Å². The molecule has 0 unspecified atom stereocenters. The summed E-state index contributed by atoms with van der Waals surface area (Å²) in [6.45, 7) is 5.96. The number of amides is 1. The topological polar surface area (TPSA) is 29.1 Å². The summed E-state index contributed by atoms with van der Waals surface area (Å²) in [7, 11) is 0. The van der Waals surface area contributed by atoms with Crippen LogP contribution in [0.25, 0.3) is 0 Å². The van der Waals surface area contributed by atoms with E-state index in [4.69, 9.17) is 0 Å². The van der Waals surface area contributed by atoms with Crippen molar-refractivity contribution in [1.82, 2.24) is 5.32 Å². The van der Waals surface area contributed by atoms with Crippen LogP contribution in [0.15, 0.2) is 24.3 Å². The van der Waals surface area contributed by atoms with E-state index in [-0.39, 0.29) is 17.5 Å². The third kappa shape index (κ3) is 4.93. The molecule has 106 valence electrons. The predicted octanol–water partition coefficient (Wildman–Crippen LogP) is 3.87. The maximum Gasteiger partial charge on any atom is 0.416 e. The van der Waals surface area contributed by atoms with Gasteiger partial charge in [-0.05, 0) is 43.5 Å². The molecule has 0 saturated carbocycles. The molecule has 1 amide bonds. The van der Waals surface area contributed by atoms with E-state index in [0.29, 0.717) is 5.92 Å². The van der Waals surface area contributed by atoms with Crippen molar-refractivity contribution in [1.29, 1.82) is 0 Å². The second kappa shape index (κ2) is 6.08. The third-order valence-corrected chi connectivity index (χ3v) is 2.68. The zero-order chi connectivity index (χ0) is 14.6. The Morgan fingerprint density at radius 3 is 2.11 bits per heavy atom. The average molecular weight is 273 g/mol. The second-order valence-corrected chi connectivity index (χ2v) is 5.08. The lowest BCUT2D eigenvalue weighted by molar-refractivity contribution is -0.137. The van der Waals surface area contributed by atoms with E-state index in [1.54, 1.807) is 0 Å². The second-order valence-electron chi connectivity index (χ2n) is 5.08. The van der Waals surface area contributed by atoms with Gasteiger partial charge in [-0.3, -0.25) is 4.79 Å². The van der Waals surface area contributed by atoms with E-state index in [2.05, 4.69) is 5.32 Å². The maximum atomic E-state index is 12.4. The lowest BCUT2D eigenvalue weighted by atomic mass is 10.0. The van der Waals surface area contributed by atoms with Gasteiger partial charge in [-0.2, -0.15) is 13.2 Å². The summed E-state index contributed by atoms with van der Waals surface area (Å²) >= 11 is 0. The summed E-state index contributed by atoms with van der Waals surface area (Å²) < 4.78 is 37.1. The minimum absolute atomic E-state index is 0.00482. The minimum Gasteiger partial charge on any atom is -0.350 e. The number of rotatable bonds is 4. The highest BCUT2D eigenvalue weighted by Crippen LogP contribution is 2.29. The van der Waals surface area contributed by atoms with Gasteiger partial charge in [0.05, 0.1) is 5.56 Å². The minimum atomic E-state index is -4.38. The molecule has 19 heavy (non-hydrogen) atoms. The predicted molar refractivity (Wildman–Crippen MR) is 67.8 cm³/mol. The van der Waals surface area contributed by atoms with Crippen LogP contribution >= 0.6 is 0 Å². The van der Waals surface area contributed by atoms with Gasteiger partial charge in [0.25, 0.3) is 5.91 Å². The molecule has 1 atom stereocenters. The normalized spacial score (nSPS) is 13.4. The van der Waals surface area contributed by atoms with E-state index in [0.717, 1.165) is 18.6 Å². The number of hydrogen-bond acceptors (Lipinski definition) is 1. The fourth-order valence-electron chi connectivity index (χ4n) is 1.88. The molecular formula is C14H18F3NO. The van der Waals surface area contributed by atoms with Crippen molar-refractivity contribution in [2.45, 2.75) is 39.4 Å². The molecule has 5 heteroatoms. The molecule has 0 aromatic heterocycles. The Morgan fingerprint density at radius 2 is 1.68 bits per heavy atom.